The minimum atomic E-state index is 0.0135. The summed E-state index contributed by atoms with van der Waals surface area (Å²) in [5, 5.41) is 3.20. The topological polar surface area (TPSA) is 54.5 Å². The highest BCUT2D eigenvalue weighted by molar-refractivity contribution is 5.99. The largest absolute Gasteiger partial charge is 0.385 e. The molecule has 1 N–H and O–H groups in total. The van der Waals surface area contributed by atoms with E-state index in [1.165, 1.54) is 0 Å². The number of carbonyl (C=O) groups is 1. The zero-order valence-corrected chi connectivity index (χ0v) is 12.3. The van der Waals surface area contributed by atoms with Crippen LogP contribution in [0.25, 0.3) is 0 Å². The number of anilines is 1. The third-order valence-electron chi connectivity index (χ3n) is 3.55. The van der Waals surface area contributed by atoms with Gasteiger partial charge in [0.25, 0.3) is 5.91 Å². The lowest BCUT2D eigenvalue weighted by molar-refractivity contribution is 0.0388. The van der Waals surface area contributed by atoms with E-state index < -0.39 is 0 Å². The van der Waals surface area contributed by atoms with Crippen LogP contribution in [0.2, 0.25) is 0 Å². The maximum Gasteiger partial charge on any atom is 0.257 e. The van der Waals surface area contributed by atoms with Gasteiger partial charge in [0.15, 0.2) is 0 Å². The summed E-state index contributed by atoms with van der Waals surface area (Å²) in [5.74, 6) is 0.455. The van der Waals surface area contributed by atoms with Gasteiger partial charge in [0.2, 0.25) is 0 Å². The Morgan fingerprint density at radius 2 is 2.45 bits per heavy atom. The van der Waals surface area contributed by atoms with Gasteiger partial charge in [-0.05, 0) is 31.7 Å². The molecule has 1 fully saturated rings. The number of nitrogens with one attached hydrogen (secondary N) is 1. The van der Waals surface area contributed by atoms with Gasteiger partial charge in [-0.15, -0.1) is 0 Å². The summed E-state index contributed by atoms with van der Waals surface area (Å²) in [5.41, 5.74) is 1.48. The predicted octanol–water partition coefficient (Wildman–Crippen LogP) is 2.01. The van der Waals surface area contributed by atoms with Crippen LogP contribution < -0.4 is 5.32 Å². The number of hydrogen-bond acceptors (Lipinski definition) is 4. The fraction of sp³-hybridized carbons (Fsp3) is 0.600. The monoisotopic (exact) mass is 277 g/mol. The molecule has 5 nitrogen and oxygen atoms in total. The van der Waals surface area contributed by atoms with Gasteiger partial charge in [-0.3, -0.25) is 9.78 Å². The van der Waals surface area contributed by atoms with Crippen molar-refractivity contribution in [3.05, 3.63) is 24.0 Å². The Bertz CT molecular complexity index is 444. The molecule has 0 saturated carbocycles. The van der Waals surface area contributed by atoms with E-state index in [9.17, 15) is 4.79 Å². The molecule has 20 heavy (non-hydrogen) atoms. The van der Waals surface area contributed by atoms with Gasteiger partial charge < -0.3 is 15.0 Å². The second kappa shape index (κ2) is 7.24. The molecule has 5 heteroatoms. The summed E-state index contributed by atoms with van der Waals surface area (Å²) in [6.45, 7) is 5.13. The fourth-order valence-electron chi connectivity index (χ4n) is 2.54. The van der Waals surface area contributed by atoms with Crippen LogP contribution in [0.1, 0.15) is 30.1 Å². The lowest BCUT2D eigenvalue weighted by Crippen LogP contribution is -2.35. The molecule has 1 amide bonds. The van der Waals surface area contributed by atoms with Gasteiger partial charge >= 0.3 is 0 Å². The third kappa shape index (κ3) is 3.70. The van der Waals surface area contributed by atoms with Crippen LogP contribution in [0.5, 0.6) is 0 Å². The summed E-state index contributed by atoms with van der Waals surface area (Å²) in [4.78, 5) is 18.4. The first-order valence-corrected chi connectivity index (χ1v) is 7.23. The van der Waals surface area contributed by atoms with Crippen LogP contribution in [0.15, 0.2) is 18.5 Å². The summed E-state index contributed by atoms with van der Waals surface area (Å²) in [7, 11) is 1.85. The second-order valence-corrected chi connectivity index (χ2v) is 5.22. The number of rotatable bonds is 5. The van der Waals surface area contributed by atoms with E-state index in [1.54, 1.807) is 17.3 Å². The van der Waals surface area contributed by atoms with Gasteiger partial charge in [0, 0.05) is 39.1 Å². The van der Waals surface area contributed by atoms with Crippen molar-refractivity contribution in [2.24, 2.45) is 5.92 Å². The molecule has 1 aliphatic rings. The number of ether oxygens (including phenoxy) is 1. The molecule has 0 spiro atoms. The summed E-state index contributed by atoms with van der Waals surface area (Å²) >= 11 is 0. The summed E-state index contributed by atoms with van der Waals surface area (Å²) in [6.07, 6.45) is 5.55. The number of nitrogens with zero attached hydrogens (tertiary/aromatic N) is 2. The first-order chi connectivity index (χ1) is 9.72. The molecular weight excluding hydrogens is 254 g/mol. The first kappa shape index (κ1) is 14.8. The number of hydrogen-bond donors (Lipinski definition) is 1. The van der Waals surface area contributed by atoms with E-state index in [1.807, 2.05) is 20.0 Å². The van der Waals surface area contributed by atoms with Crippen molar-refractivity contribution in [3.63, 3.8) is 0 Å². The molecule has 1 atom stereocenters. The zero-order valence-electron chi connectivity index (χ0n) is 12.3. The molecule has 0 bridgehead atoms. The minimum absolute atomic E-state index is 0.0135. The van der Waals surface area contributed by atoms with Crippen LogP contribution in [-0.2, 0) is 4.74 Å². The molecule has 110 valence electrons. The Morgan fingerprint density at radius 1 is 1.60 bits per heavy atom. The van der Waals surface area contributed by atoms with Crippen molar-refractivity contribution >= 4 is 11.6 Å². The standard InChI is InChI=1S/C15H23N3O2/c1-3-17-14-6-7-16-9-13(14)15(19)18(2)10-12-5-4-8-20-11-12/h6-7,9,12H,3-5,8,10-11H2,1-2H3,(H,16,17). The number of aromatic nitrogens is 1. The Hall–Kier alpha value is -1.62. The fourth-order valence-corrected chi connectivity index (χ4v) is 2.54. The molecule has 1 aromatic rings. The van der Waals surface area contributed by atoms with Gasteiger partial charge in [-0.25, -0.2) is 0 Å². The molecule has 1 unspecified atom stereocenters. The molecule has 1 aromatic heterocycles. The van der Waals surface area contributed by atoms with Crippen LogP contribution in [0.3, 0.4) is 0 Å². The Kier molecular flexibility index (Phi) is 5.35. The van der Waals surface area contributed by atoms with E-state index in [-0.39, 0.29) is 5.91 Å². The molecule has 2 rings (SSSR count). The van der Waals surface area contributed by atoms with E-state index in [2.05, 4.69) is 10.3 Å². The predicted molar refractivity (Wildman–Crippen MR) is 78.9 cm³/mol. The van der Waals surface area contributed by atoms with Crippen LogP contribution in [0, 0.1) is 5.92 Å². The van der Waals surface area contributed by atoms with Crippen LogP contribution >= 0.6 is 0 Å². The highest BCUT2D eigenvalue weighted by Crippen LogP contribution is 2.18. The molecule has 2 heterocycles. The normalized spacial score (nSPS) is 18.6. The molecule has 0 aliphatic carbocycles. The summed E-state index contributed by atoms with van der Waals surface area (Å²) in [6, 6.07) is 1.84. The first-order valence-electron chi connectivity index (χ1n) is 7.23. The van der Waals surface area contributed by atoms with Crippen LogP contribution in [0.4, 0.5) is 5.69 Å². The van der Waals surface area contributed by atoms with E-state index in [0.717, 1.165) is 44.8 Å². The van der Waals surface area contributed by atoms with Gasteiger partial charge in [0.1, 0.15) is 0 Å². The van der Waals surface area contributed by atoms with Crippen molar-refractivity contribution in [3.8, 4) is 0 Å². The van der Waals surface area contributed by atoms with Crippen molar-refractivity contribution in [1.29, 1.82) is 0 Å². The quantitative estimate of drug-likeness (QED) is 0.894. The maximum atomic E-state index is 12.5. The molecule has 0 radical (unpaired) electrons. The highest BCUT2D eigenvalue weighted by Gasteiger charge is 2.21. The Balaban J connectivity index is 2.02. The average Bonchev–Trinajstić information content (AvgIpc) is 2.48. The Labute approximate surface area is 120 Å². The van der Waals surface area contributed by atoms with Crippen molar-refractivity contribution in [2.75, 3.05) is 38.7 Å². The Morgan fingerprint density at radius 3 is 3.15 bits per heavy atom. The van der Waals surface area contributed by atoms with Gasteiger partial charge in [0.05, 0.1) is 17.9 Å². The van der Waals surface area contributed by atoms with Crippen LogP contribution in [-0.4, -0.2) is 49.1 Å². The molecule has 0 aromatic carbocycles. The number of carbonyl (C=O) groups excluding carboxylic acids is 1. The van der Waals surface area contributed by atoms with Crippen molar-refractivity contribution < 1.29 is 9.53 Å². The van der Waals surface area contributed by atoms with E-state index in [0.29, 0.717) is 11.5 Å². The number of pyridine rings is 1. The highest BCUT2D eigenvalue weighted by atomic mass is 16.5. The lowest BCUT2D eigenvalue weighted by Gasteiger charge is -2.27. The smallest absolute Gasteiger partial charge is 0.257 e. The third-order valence-corrected chi connectivity index (χ3v) is 3.55. The van der Waals surface area contributed by atoms with E-state index >= 15 is 0 Å². The molecular formula is C15H23N3O2. The molecule has 1 saturated heterocycles. The van der Waals surface area contributed by atoms with Crippen molar-refractivity contribution in [1.82, 2.24) is 9.88 Å². The van der Waals surface area contributed by atoms with Gasteiger partial charge in [-0.2, -0.15) is 0 Å². The van der Waals surface area contributed by atoms with Crippen molar-refractivity contribution in [2.45, 2.75) is 19.8 Å². The zero-order chi connectivity index (χ0) is 14.4. The summed E-state index contributed by atoms with van der Waals surface area (Å²) < 4.78 is 5.47. The van der Waals surface area contributed by atoms with Gasteiger partial charge in [-0.1, -0.05) is 0 Å². The second-order valence-electron chi connectivity index (χ2n) is 5.22. The number of amides is 1. The minimum Gasteiger partial charge on any atom is -0.385 e. The molecule has 1 aliphatic heterocycles. The lowest BCUT2D eigenvalue weighted by atomic mass is 10.0. The average molecular weight is 277 g/mol. The maximum absolute atomic E-state index is 12.5. The van der Waals surface area contributed by atoms with E-state index in [4.69, 9.17) is 4.74 Å². The SMILES string of the molecule is CCNc1ccncc1C(=O)N(C)CC1CCCOC1.